The third-order valence-corrected chi connectivity index (χ3v) is 2.58. The number of hydrogen-bond donors (Lipinski definition) is 0. The van der Waals surface area contributed by atoms with Crippen molar-refractivity contribution in [3.8, 4) is 0 Å². The fourth-order valence-corrected chi connectivity index (χ4v) is 1.83. The Balaban J connectivity index is 4.52. The van der Waals surface area contributed by atoms with E-state index in [1.54, 1.807) is 7.11 Å². The van der Waals surface area contributed by atoms with Crippen molar-refractivity contribution in [3.63, 3.8) is 0 Å². The molecule has 0 saturated heterocycles. The number of hydrogen-bond acceptors (Lipinski definition) is 4. The average molecular weight is 245 g/mol. The van der Waals surface area contributed by atoms with Crippen LogP contribution in [0.1, 0.15) is 41.5 Å². The first-order valence-electron chi connectivity index (χ1n) is 6.20. The number of carbonyl (C=O) groups is 1. The van der Waals surface area contributed by atoms with Gasteiger partial charge in [-0.05, 0) is 41.2 Å². The van der Waals surface area contributed by atoms with Gasteiger partial charge in [-0.2, -0.15) is 0 Å². The second-order valence-electron chi connectivity index (χ2n) is 5.34. The minimum Gasteiger partial charge on any atom is -0.459 e. The first-order valence-corrected chi connectivity index (χ1v) is 6.20. The zero-order valence-electron chi connectivity index (χ0n) is 12.2. The summed E-state index contributed by atoms with van der Waals surface area (Å²) in [7, 11) is 1.67. The van der Waals surface area contributed by atoms with E-state index >= 15 is 0 Å². The van der Waals surface area contributed by atoms with Crippen molar-refractivity contribution < 1.29 is 14.3 Å². The quantitative estimate of drug-likeness (QED) is 0.672. The molecular formula is C13H27NO3. The second kappa shape index (κ2) is 6.97. The Hall–Kier alpha value is -0.610. The van der Waals surface area contributed by atoms with Gasteiger partial charge in [-0.15, -0.1) is 0 Å². The van der Waals surface area contributed by atoms with E-state index in [1.165, 1.54) is 0 Å². The van der Waals surface area contributed by atoms with Gasteiger partial charge in [0, 0.05) is 13.2 Å². The minimum absolute atomic E-state index is 0.178. The molecule has 2 unspecified atom stereocenters. The van der Waals surface area contributed by atoms with Crippen LogP contribution >= 0.6 is 0 Å². The standard InChI is InChI=1S/C13H27NO3/c1-8-14(10(2)9-16-7)11(3)12(15)17-13(4,5)6/h10-11H,8-9H2,1-7H3. The van der Waals surface area contributed by atoms with Crippen LogP contribution in [0.4, 0.5) is 0 Å². The Morgan fingerprint density at radius 1 is 1.29 bits per heavy atom. The van der Waals surface area contributed by atoms with Crippen LogP contribution in [0.2, 0.25) is 0 Å². The predicted octanol–water partition coefficient (Wildman–Crippen LogP) is 2.07. The number of carbonyl (C=O) groups excluding carboxylic acids is 1. The lowest BCUT2D eigenvalue weighted by molar-refractivity contribution is -0.161. The molecule has 17 heavy (non-hydrogen) atoms. The zero-order valence-corrected chi connectivity index (χ0v) is 12.2. The number of esters is 1. The van der Waals surface area contributed by atoms with Crippen LogP contribution in [0.5, 0.6) is 0 Å². The number of rotatable bonds is 6. The Kier molecular flexibility index (Phi) is 6.72. The molecule has 0 aromatic rings. The Morgan fingerprint density at radius 2 is 1.82 bits per heavy atom. The first kappa shape index (κ1) is 16.4. The fourth-order valence-electron chi connectivity index (χ4n) is 1.83. The third kappa shape index (κ3) is 6.03. The summed E-state index contributed by atoms with van der Waals surface area (Å²) in [4.78, 5) is 14.0. The molecule has 0 radical (unpaired) electrons. The first-order chi connectivity index (χ1) is 7.72. The largest absolute Gasteiger partial charge is 0.459 e. The Bertz CT molecular complexity index is 235. The van der Waals surface area contributed by atoms with Crippen LogP contribution in [0, 0.1) is 0 Å². The molecule has 4 heteroatoms. The molecule has 0 rings (SSSR count). The molecule has 0 spiro atoms. The van der Waals surface area contributed by atoms with Gasteiger partial charge in [-0.25, -0.2) is 0 Å². The summed E-state index contributed by atoms with van der Waals surface area (Å²) in [5.74, 6) is -0.178. The van der Waals surface area contributed by atoms with Gasteiger partial charge in [0.2, 0.25) is 0 Å². The van der Waals surface area contributed by atoms with Gasteiger partial charge in [0.15, 0.2) is 0 Å². The summed E-state index contributed by atoms with van der Waals surface area (Å²) in [6.45, 7) is 13.0. The number of ether oxygens (including phenoxy) is 2. The SMILES string of the molecule is CCN(C(C)COC)C(C)C(=O)OC(C)(C)C. The highest BCUT2D eigenvalue weighted by Crippen LogP contribution is 2.13. The molecule has 0 saturated carbocycles. The van der Waals surface area contributed by atoms with Crippen LogP contribution in [0.3, 0.4) is 0 Å². The van der Waals surface area contributed by atoms with Gasteiger partial charge >= 0.3 is 5.97 Å². The zero-order chi connectivity index (χ0) is 13.6. The molecule has 0 fully saturated rings. The predicted molar refractivity (Wildman–Crippen MR) is 69.0 cm³/mol. The van der Waals surface area contributed by atoms with Crippen molar-refractivity contribution in [1.82, 2.24) is 4.90 Å². The van der Waals surface area contributed by atoms with E-state index in [-0.39, 0.29) is 18.1 Å². The molecule has 0 heterocycles. The van der Waals surface area contributed by atoms with Gasteiger partial charge in [0.1, 0.15) is 11.6 Å². The lowest BCUT2D eigenvalue weighted by atomic mass is 10.1. The maximum absolute atomic E-state index is 12.0. The lowest BCUT2D eigenvalue weighted by Gasteiger charge is -2.33. The third-order valence-electron chi connectivity index (χ3n) is 2.58. The average Bonchev–Trinajstić information content (AvgIpc) is 2.16. The molecule has 0 aromatic carbocycles. The highest BCUT2D eigenvalue weighted by atomic mass is 16.6. The summed E-state index contributed by atoms with van der Waals surface area (Å²) in [6, 6.07) is -0.0445. The van der Waals surface area contributed by atoms with Crippen molar-refractivity contribution in [1.29, 1.82) is 0 Å². The van der Waals surface area contributed by atoms with E-state index in [0.717, 1.165) is 6.54 Å². The molecule has 102 valence electrons. The summed E-state index contributed by atoms with van der Waals surface area (Å²) in [5, 5.41) is 0. The summed E-state index contributed by atoms with van der Waals surface area (Å²) >= 11 is 0. The van der Waals surface area contributed by atoms with E-state index < -0.39 is 5.60 Å². The van der Waals surface area contributed by atoms with E-state index in [4.69, 9.17) is 9.47 Å². The summed E-state index contributed by atoms with van der Waals surface area (Å²) < 4.78 is 10.5. The number of methoxy groups -OCH3 is 1. The van der Waals surface area contributed by atoms with Gasteiger partial charge in [0.25, 0.3) is 0 Å². The molecular weight excluding hydrogens is 218 g/mol. The van der Waals surface area contributed by atoms with Crippen molar-refractivity contribution in [3.05, 3.63) is 0 Å². The monoisotopic (exact) mass is 245 g/mol. The molecule has 0 aliphatic heterocycles. The highest BCUT2D eigenvalue weighted by molar-refractivity contribution is 5.75. The molecule has 0 amide bonds. The molecule has 0 aliphatic rings. The Labute approximate surface area is 105 Å². The van der Waals surface area contributed by atoms with Crippen LogP contribution in [0.25, 0.3) is 0 Å². The second-order valence-corrected chi connectivity index (χ2v) is 5.34. The fraction of sp³-hybridized carbons (Fsp3) is 0.923. The van der Waals surface area contributed by atoms with Crippen molar-refractivity contribution in [2.24, 2.45) is 0 Å². The van der Waals surface area contributed by atoms with E-state index in [0.29, 0.717) is 6.61 Å². The van der Waals surface area contributed by atoms with Crippen molar-refractivity contribution in [2.45, 2.75) is 59.2 Å². The molecule has 0 aliphatic carbocycles. The van der Waals surface area contributed by atoms with Crippen molar-refractivity contribution in [2.75, 3.05) is 20.3 Å². The van der Waals surface area contributed by atoms with Gasteiger partial charge in [0.05, 0.1) is 6.61 Å². The maximum Gasteiger partial charge on any atom is 0.323 e. The Morgan fingerprint density at radius 3 is 2.18 bits per heavy atom. The number of likely N-dealkylation sites (N-methyl/N-ethyl adjacent to an activating group) is 1. The topological polar surface area (TPSA) is 38.8 Å². The van der Waals surface area contributed by atoms with Crippen LogP contribution in [-0.4, -0.2) is 48.8 Å². The molecule has 0 N–H and O–H groups in total. The highest BCUT2D eigenvalue weighted by Gasteiger charge is 2.28. The molecule has 4 nitrogen and oxygen atoms in total. The van der Waals surface area contributed by atoms with Crippen LogP contribution in [-0.2, 0) is 14.3 Å². The lowest BCUT2D eigenvalue weighted by Crippen LogP contribution is -2.48. The maximum atomic E-state index is 12.0. The molecule has 0 aromatic heterocycles. The molecule has 0 bridgehead atoms. The van der Waals surface area contributed by atoms with Gasteiger partial charge in [-0.1, -0.05) is 6.92 Å². The number of nitrogens with zero attached hydrogens (tertiary/aromatic N) is 1. The van der Waals surface area contributed by atoms with E-state index in [9.17, 15) is 4.79 Å². The minimum atomic E-state index is -0.435. The van der Waals surface area contributed by atoms with Crippen LogP contribution in [0.15, 0.2) is 0 Å². The van der Waals surface area contributed by atoms with E-state index in [2.05, 4.69) is 4.90 Å². The smallest absolute Gasteiger partial charge is 0.323 e. The van der Waals surface area contributed by atoms with Crippen molar-refractivity contribution >= 4 is 5.97 Å². The molecule has 2 atom stereocenters. The van der Waals surface area contributed by atoms with Gasteiger partial charge < -0.3 is 9.47 Å². The van der Waals surface area contributed by atoms with Gasteiger partial charge in [-0.3, -0.25) is 9.69 Å². The van der Waals surface area contributed by atoms with E-state index in [1.807, 2.05) is 41.5 Å². The summed E-state index contributed by atoms with van der Waals surface area (Å²) in [6.07, 6.45) is 0. The van der Waals surface area contributed by atoms with Crippen LogP contribution < -0.4 is 0 Å². The summed E-state index contributed by atoms with van der Waals surface area (Å²) in [5.41, 5.74) is -0.435. The normalized spacial score (nSPS) is 15.8.